The number of aliphatic carboxylic acids is 1. The maximum Gasteiger partial charge on any atom is 0.318 e. The average molecular weight is 393 g/mol. The van der Waals surface area contributed by atoms with Crippen molar-refractivity contribution in [2.75, 3.05) is 46.4 Å². The summed E-state index contributed by atoms with van der Waals surface area (Å²) in [5, 5.41) is 12.0. The second-order valence-electron chi connectivity index (χ2n) is 6.91. The number of likely N-dealkylation sites (N-methyl/N-ethyl adjacent to an activating group) is 1. The molecular formula is C20H31N3O5. The van der Waals surface area contributed by atoms with E-state index in [4.69, 9.17) is 14.6 Å². The topological polar surface area (TPSA) is 91.3 Å². The lowest BCUT2D eigenvalue weighted by molar-refractivity contribution is -0.138. The Morgan fingerprint density at radius 3 is 2.82 bits per heavy atom. The van der Waals surface area contributed by atoms with Gasteiger partial charge < -0.3 is 24.8 Å². The Kier molecular flexibility index (Phi) is 8.53. The van der Waals surface area contributed by atoms with Gasteiger partial charge in [0.05, 0.1) is 31.9 Å². The number of carbonyl (C=O) groups is 2. The molecule has 2 rings (SSSR count). The minimum atomic E-state index is -0.883. The molecule has 0 aromatic heterocycles. The van der Waals surface area contributed by atoms with Gasteiger partial charge in [-0.15, -0.1) is 0 Å². The molecule has 8 heteroatoms. The van der Waals surface area contributed by atoms with Crippen LogP contribution in [-0.4, -0.2) is 79.5 Å². The molecule has 0 saturated carbocycles. The summed E-state index contributed by atoms with van der Waals surface area (Å²) in [5.41, 5.74) is 0.964. The maximum absolute atomic E-state index is 12.8. The number of urea groups is 1. The molecule has 1 fully saturated rings. The van der Waals surface area contributed by atoms with E-state index >= 15 is 0 Å². The molecule has 2 amide bonds. The molecule has 1 saturated heterocycles. The number of hydrogen-bond acceptors (Lipinski definition) is 5. The predicted octanol–water partition coefficient (Wildman–Crippen LogP) is 1.96. The van der Waals surface area contributed by atoms with Crippen LogP contribution in [0.4, 0.5) is 4.79 Å². The Labute approximate surface area is 166 Å². The standard InChI is InChI=1S/C20H31N3O5/c1-4-17(16-8-6-7-9-18(16)27-5-2)21-20(26)23-10-11-28-15(13-23)12-22(3)14-19(24)25/h6-9,15,17H,4-5,10-14H2,1-3H3,(H,21,26)(H,24,25). The molecule has 156 valence electrons. The molecule has 2 unspecified atom stereocenters. The van der Waals surface area contributed by atoms with Gasteiger partial charge in [0, 0.05) is 25.2 Å². The first-order chi connectivity index (χ1) is 13.4. The van der Waals surface area contributed by atoms with E-state index in [0.717, 1.165) is 17.7 Å². The van der Waals surface area contributed by atoms with E-state index in [-0.39, 0.29) is 24.7 Å². The van der Waals surface area contributed by atoms with E-state index in [1.54, 1.807) is 16.8 Å². The fraction of sp³-hybridized carbons (Fsp3) is 0.600. The third-order valence-electron chi connectivity index (χ3n) is 4.65. The van der Waals surface area contributed by atoms with Crippen LogP contribution < -0.4 is 10.1 Å². The van der Waals surface area contributed by atoms with Gasteiger partial charge in [-0.25, -0.2) is 4.79 Å². The molecule has 8 nitrogen and oxygen atoms in total. The van der Waals surface area contributed by atoms with Gasteiger partial charge in [0.2, 0.25) is 0 Å². The van der Waals surface area contributed by atoms with Gasteiger partial charge in [-0.1, -0.05) is 25.1 Å². The van der Waals surface area contributed by atoms with Crippen LogP contribution in [0.5, 0.6) is 5.75 Å². The number of carboxylic acids is 1. The minimum absolute atomic E-state index is 0.0574. The van der Waals surface area contributed by atoms with Crippen LogP contribution in [0.2, 0.25) is 0 Å². The zero-order valence-electron chi connectivity index (χ0n) is 16.9. The Bertz CT molecular complexity index is 654. The monoisotopic (exact) mass is 393 g/mol. The zero-order valence-corrected chi connectivity index (χ0v) is 16.9. The van der Waals surface area contributed by atoms with Gasteiger partial charge >= 0.3 is 12.0 Å². The maximum atomic E-state index is 12.8. The van der Waals surface area contributed by atoms with Gasteiger partial charge in [-0.2, -0.15) is 0 Å². The lowest BCUT2D eigenvalue weighted by Crippen LogP contribution is -2.52. The SMILES string of the molecule is CCOc1ccccc1C(CC)NC(=O)N1CCOC(CN(C)CC(=O)O)C1. The fourth-order valence-corrected chi connectivity index (χ4v) is 3.35. The smallest absolute Gasteiger partial charge is 0.318 e. The molecule has 0 radical (unpaired) electrons. The highest BCUT2D eigenvalue weighted by atomic mass is 16.5. The summed E-state index contributed by atoms with van der Waals surface area (Å²) in [5.74, 6) is -0.0982. The van der Waals surface area contributed by atoms with Gasteiger partial charge in [0.25, 0.3) is 0 Å². The fourth-order valence-electron chi connectivity index (χ4n) is 3.35. The Balaban J connectivity index is 1.97. The highest BCUT2D eigenvalue weighted by Gasteiger charge is 2.27. The second kappa shape index (κ2) is 10.9. The molecule has 0 bridgehead atoms. The quantitative estimate of drug-likeness (QED) is 0.667. The number of hydrogen-bond donors (Lipinski definition) is 2. The van der Waals surface area contributed by atoms with E-state index < -0.39 is 5.97 Å². The Hall–Kier alpha value is -2.32. The van der Waals surface area contributed by atoms with Crippen LogP contribution in [0.25, 0.3) is 0 Å². The Morgan fingerprint density at radius 2 is 2.14 bits per heavy atom. The molecule has 1 aliphatic heterocycles. The van der Waals surface area contributed by atoms with E-state index in [9.17, 15) is 9.59 Å². The van der Waals surface area contributed by atoms with E-state index in [2.05, 4.69) is 5.32 Å². The number of morpholine rings is 1. The summed E-state index contributed by atoms with van der Waals surface area (Å²) in [4.78, 5) is 27.1. The highest BCUT2D eigenvalue weighted by molar-refractivity contribution is 5.75. The van der Waals surface area contributed by atoms with Crippen molar-refractivity contribution in [3.8, 4) is 5.75 Å². The number of carboxylic acid groups (broad SMARTS) is 1. The predicted molar refractivity (Wildman–Crippen MR) is 106 cm³/mol. The van der Waals surface area contributed by atoms with Gasteiger partial charge in [0.1, 0.15) is 5.75 Å². The molecule has 1 aliphatic rings. The number of para-hydroxylation sites is 1. The number of nitrogens with zero attached hydrogens (tertiary/aromatic N) is 2. The van der Waals surface area contributed by atoms with Crippen LogP contribution in [0.3, 0.4) is 0 Å². The third kappa shape index (κ3) is 6.38. The van der Waals surface area contributed by atoms with Gasteiger partial charge in [-0.05, 0) is 26.5 Å². The van der Waals surface area contributed by atoms with Gasteiger partial charge in [-0.3, -0.25) is 9.69 Å². The van der Waals surface area contributed by atoms with Crippen LogP contribution in [0.1, 0.15) is 31.9 Å². The number of carbonyl (C=O) groups excluding carboxylic acids is 1. The number of amides is 2. The minimum Gasteiger partial charge on any atom is -0.494 e. The number of benzene rings is 1. The molecule has 28 heavy (non-hydrogen) atoms. The normalized spacial score (nSPS) is 18.0. The number of rotatable bonds is 9. The third-order valence-corrected chi connectivity index (χ3v) is 4.65. The van der Waals surface area contributed by atoms with E-state index in [0.29, 0.717) is 32.8 Å². The van der Waals surface area contributed by atoms with E-state index in [1.165, 1.54) is 0 Å². The van der Waals surface area contributed by atoms with Crippen LogP contribution in [0.15, 0.2) is 24.3 Å². The second-order valence-corrected chi connectivity index (χ2v) is 6.91. The van der Waals surface area contributed by atoms with Crippen LogP contribution in [-0.2, 0) is 9.53 Å². The summed E-state index contributed by atoms with van der Waals surface area (Å²) >= 11 is 0. The van der Waals surface area contributed by atoms with Gasteiger partial charge in [0.15, 0.2) is 0 Å². The summed E-state index contributed by atoms with van der Waals surface area (Å²) in [7, 11) is 1.73. The van der Waals surface area contributed by atoms with Crippen molar-refractivity contribution in [3.05, 3.63) is 29.8 Å². The lowest BCUT2D eigenvalue weighted by Gasteiger charge is -2.35. The van der Waals surface area contributed by atoms with Crippen molar-refractivity contribution in [2.45, 2.75) is 32.4 Å². The summed E-state index contributed by atoms with van der Waals surface area (Å²) < 4.78 is 11.4. The van der Waals surface area contributed by atoms with Crippen molar-refractivity contribution in [3.63, 3.8) is 0 Å². The molecule has 1 aromatic carbocycles. The molecule has 2 N–H and O–H groups in total. The van der Waals surface area contributed by atoms with E-state index in [1.807, 2.05) is 38.1 Å². The van der Waals surface area contributed by atoms with Crippen LogP contribution in [0, 0.1) is 0 Å². The molecular weight excluding hydrogens is 362 g/mol. The molecule has 1 heterocycles. The number of ether oxygens (including phenoxy) is 2. The first-order valence-corrected chi connectivity index (χ1v) is 9.73. The zero-order chi connectivity index (χ0) is 20.5. The summed E-state index contributed by atoms with van der Waals surface area (Å²) in [6, 6.07) is 7.46. The van der Waals surface area contributed by atoms with Crippen LogP contribution >= 0.6 is 0 Å². The van der Waals surface area contributed by atoms with Crippen molar-refractivity contribution >= 4 is 12.0 Å². The largest absolute Gasteiger partial charge is 0.494 e. The molecule has 0 spiro atoms. The van der Waals surface area contributed by atoms with Crippen molar-refractivity contribution < 1.29 is 24.2 Å². The first kappa shape index (κ1) is 22.0. The Morgan fingerprint density at radius 1 is 1.39 bits per heavy atom. The molecule has 2 atom stereocenters. The molecule has 1 aromatic rings. The lowest BCUT2D eigenvalue weighted by atomic mass is 10.0. The average Bonchev–Trinajstić information content (AvgIpc) is 2.66. The summed E-state index contributed by atoms with van der Waals surface area (Å²) in [6.07, 6.45) is 0.532. The first-order valence-electron chi connectivity index (χ1n) is 9.73. The number of nitrogens with one attached hydrogen (secondary N) is 1. The van der Waals surface area contributed by atoms with Crippen molar-refractivity contribution in [1.29, 1.82) is 0 Å². The van der Waals surface area contributed by atoms with Crippen molar-refractivity contribution in [2.24, 2.45) is 0 Å². The highest BCUT2D eigenvalue weighted by Crippen LogP contribution is 2.27. The summed E-state index contributed by atoms with van der Waals surface area (Å²) in [6.45, 7) is 6.30. The molecule has 0 aliphatic carbocycles. The van der Waals surface area contributed by atoms with Crippen molar-refractivity contribution in [1.82, 2.24) is 15.1 Å².